The minimum Gasteiger partial charge on any atom is -0.364 e. The third kappa shape index (κ3) is 3.68. The van der Waals surface area contributed by atoms with Gasteiger partial charge in [-0.15, -0.1) is 0 Å². The van der Waals surface area contributed by atoms with Crippen LogP contribution in [0.15, 0.2) is 42.9 Å². The van der Waals surface area contributed by atoms with Gasteiger partial charge in [0.15, 0.2) is 5.65 Å². The summed E-state index contributed by atoms with van der Waals surface area (Å²) in [5.41, 5.74) is 1.56. The molecule has 0 saturated heterocycles. The molecule has 0 saturated carbocycles. The Morgan fingerprint density at radius 1 is 1.25 bits per heavy atom. The molecule has 3 aromatic heterocycles. The maximum atomic E-state index is 12.4. The molecular weight excluding hydrogens is 304 g/mol. The molecule has 0 aliphatic heterocycles. The number of nitrogens with one attached hydrogen (secondary N) is 2. The van der Waals surface area contributed by atoms with Crippen LogP contribution in [0, 0.1) is 0 Å². The maximum absolute atomic E-state index is 12.4. The lowest BCUT2D eigenvalue weighted by atomic mass is 10.1. The van der Waals surface area contributed by atoms with E-state index in [2.05, 4.69) is 25.7 Å². The first kappa shape index (κ1) is 15.9. The fourth-order valence-corrected chi connectivity index (χ4v) is 2.22. The van der Waals surface area contributed by atoms with E-state index in [0.717, 1.165) is 5.69 Å². The minimum absolute atomic E-state index is 0.188. The van der Waals surface area contributed by atoms with Crippen molar-refractivity contribution in [3.8, 4) is 0 Å². The Kier molecular flexibility index (Phi) is 4.16. The summed E-state index contributed by atoms with van der Waals surface area (Å²) >= 11 is 0. The van der Waals surface area contributed by atoms with Gasteiger partial charge in [0.05, 0.1) is 18.4 Å². The zero-order valence-electron chi connectivity index (χ0n) is 13.9. The SMILES string of the molecule is CC(C)(C)NC(=O)c1cnn2ccc(NCc3ccccn3)nc12. The van der Waals surface area contributed by atoms with E-state index in [1.807, 2.05) is 45.0 Å². The molecule has 3 heterocycles. The summed E-state index contributed by atoms with van der Waals surface area (Å²) in [7, 11) is 0. The second-order valence-corrected chi connectivity index (χ2v) is 6.52. The van der Waals surface area contributed by atoms with Crippen molar-refractivity contribution < 1.29 is 4.79 Å². The maximum Gasteiger partial charge on any atom is 0.257 e. The molecule has 0 aromatic carbocycles. The summed E-state index contributed by atoms with van der Waals surface area (Å²) in [6, 6.07) is 7.56. The third-order valence-corrected chi connectivity index (χ3v) is 3.28. The van der Waals surface area contributed by atoms with Gasteiger partial charge in [-0.2, -0.15) is 5.10 Å². The van der Waals surface area contributed by atoms with Crippen molar-refractivity contribution in [3.05, 3.63) is 54.1 Å². The van der Waals surface area contributed by atoms with E-state index in [1.54, 1.807) is 16.9 Å². The van der Waals surface area contributed by atoms with Crippen molar-refractivity contribution in [2.24, 2.45) is 0 Å². The first-order valence-corrected chi connectivity index (χ1v) is 7.73. The van der Waals surface area contributed by atoms with Crippen molar-refractivity contribution in [3.63, 3.8) is 0 Å². The van der Waals surface area contributed by atoms with Crippen molar-refractivity contribution in [1.82, 2.24) is 24.9 Å². The van der Waals surface area contributed by atoms with Crippen molar-refractivity contribution >= 4 is 17.4 Å². The van der Waals surface area contributed by atoms with Gasteiger partial charge in [0.1, 0.15) is 11.4 Å². The summed E-state index contributed by atoms with van der Waals surface area (Å²) in [5.74, 6) is 0.477. The zero-order chi connectivity index (χ0) is 17.2. The third-order valence-electron chi connectivity index (χ3n) is 3.28. The number of aromatic nitrogens is 4. The quantitative estimate of drug-likeness (QED) is 0.769. The minimum atomic E-state index is -0.319. The van der Waals surface area contributed by atoms with Crippen LogP contribution in [0.25, 0.3) is 5.65 Å². The molecule has 7 nitrogen and oxygen atoms in total. The van der Waals surface area contributed by atoms with Crippen LogP contribution in [0.5, 0.6) is 0 Å². The van der Waals surface area contributed by atoms with Crippen LogP contribution in [-0.4, -0.2) is 31.0 Å². The van der Waals surface area contributed by atoms with E-state index in [9.17, 15) is 4.79 Å². The van der Waals surface area contributed by atoms with Crippen LogP contribution in [0.4, 0.5) is 5.82 Å². The average molecular weight is 324 g/mol. The normalized spacial score (nSPS) is 11.5. The van der Waals surface area contributed by atoms with Crippen LogP contribution in [0.3, 0.4) is 0 Å². The Hall–Kier alpha value is -2.96. The van der Waals surface area contributed by atoms with Gasteiger partial charge in [-0.3, -0.25) is 9.78 Å². The number of anilines is 1. The van der Waals surface area contributed by atoms with Gasteiger partial charge < -0.3 is 10.6 Å². The highest BCUT2D eigenvalue weighted by atomic mass is 16.1. The predicted molar refractivity (Wildman–Crippen MR) is 91.8 cm³/mol. The van der Waals surface area contributed by atoms with E-state index in [4.69, 9.17) is 0 Å². The lowest BCUT2D eigenvalue weighted by molar-refractivity contribution is 0.0921. The van der Waals surface area contributed by atoms with Crippen molar-refractivity contribution in [2.75, 3.05) is 5.32 Å². The molecule has 0 bridgehead atoms. The first-order valence-electron chi connectivity index (χ1n) is 7.73. The molecule has 3 rings (SSSR count). The Morgan fingerprint density at radius 3 is 2.79 bits per heavy atom. The monoisotopic (exact) mass is 324 g/mol. The Balaban J connectivity index is 1.82. The zero-order valence-corrected chi connectivity index (χ0v) is 13.9. The van der Waals surface area contributed by atoms with E-state index in [1.165, 1.54) is 6.20 Å². The first-order chi connectivity index (χ1) is 11.4. The van der Waals surface area contributed by atoms with Crippen molar-refractivity contribution in [2.45, 2.75) is 32.9 Å². The standard InChI is InChI=1S/C17H20N6O/c1-17(2,3)22-16(24)13-11-20-23-9-7-14(21-15(13)23)19-10-12-6-4-5-8-18-12/h4-9,11H,10H2,1-3H3,(H,19,21)(H,22,24). The van der Waals surface area contributed by atoms with E-state index in [-0.39, 0.29) is 11.4 Å². The van der Waals surface area contributed by atoms with Gasteiger partial charge in [0, 0.05) is 17.9 Å². The number of nitrogens with zero attached hydrogens (tertiary/aromatic N) is 4. The number of pyridine rings is 1. The number of carbonyl (C=O) groups is 1. The van der Waals surface area contributed by atoms with Crippen LogP contribution >= 0.6 is 0 Å². The molecule has 0 aliphatic rings. The number of carbonyl (C=O) groups excluding carboxylic acids is 1. The van der Waals surface area contributed by atoms with Gasteiger partial charge >= 0.3 is 0 Å². The topological polar surface area (TPSA) is 84.2 Å². The van der Waals surface area contributed by atoms with Crippen LogP contribution in [-0.2, 0) is 6.54 Å². The molecule has 1 amide bonds. The Labute approximate surface area is 140 Å². The molecule has 0 radical (unpaired) electrons. The van der Waals surface area contributed by atoms with Gasteiger partial charge in [-0.1, -0.05) is 6.07 Å². The molecule has 0 spiro atoms. The van der Waals surface area contributed by atoms with Crippen LogP contribution < -0.4 is 10.6 Å². The van der Waals surface area contributed by atoms with Crippen molar-refractivity contribution in [1.29, 1.82) is 0 Å². The number of hydrogen-bond acceptors (Lipinski definition) is 5. The molecule has 0 aliphatic carbocycles. The van der Waals surface area contributed by atoms with Gasteiger partial charge in [0.25, 0.3) is 5.91 Å². The summed E-state index contributed by atoms with van der Waals surface area (Å²) in [4.78, 5) is 21.2. The van der Waals surface area contributed by atoms with Gasteiger partial charge in [-0.05, 0) is 39.0 Å². The highest BCUT2D eigenvalue weighted by Gasteiger charge is 2.19. The van der Waals surface area contributed by atoms with Gasteiger partial charge in [0.2, 0.25) is 0 Å². The Bertz CT molecular complexity index is 850. The summed E-state index contributed by atoms with van der Waals surface area (Å²) in [6.45, 7) is 6.36. The van der Waals surface area contributed by atoms with Crippen LogP contribution in [0.2, 0.25) is 0 Å². The molecule has 3 aromatic rings. The number of rotatable bonds is 4. The smallest absolute Gasteiger partial charge is 0.257 e. The fraction of sp³-hybridized carbons (Fsp3) is 0.294. The van der Waals surface area contributed by atoms with E-state index in [0.29, 0.717) is 23.6 Å². The lowest BCUT2D eigenvalue weighted by Crippen LogP contribution is -2.40. The second-order valence-electron chi connectivity index (χ2n) is 6.52. The second kappa shape index (κ2) is 6.27. The number of hydrogen-bond donors (Lipinski definition) is 2. The highest BCUT2D eigenvalue weighted by Crippen LogP contribution is 2.13. The average Bonchev–Trinajstić information content (AvgIpc) is 2.95. The molecular formula is C17H20N6O. The molecule has 7 heteroatoms. The highest BCUT2D eigenvalue weighted by molar-refractivity contribution is 6.00. The Morgan fingerprint density at radius 2 is 2.08 bits per heavy atom. The molecule has 24 heavy (non-hydrogen) atoms. The van der Waals surface area contributed by atoms with Gasteiger partial charge in [-0.25, -0.2) is 9.50 Å². The lowest BCUT2D eigenvalue weighted by Gasteiger charge is -2.19. The number of fused-ring (bicyclic) bond motifs is 1. The molecule has 0 fully saturated rings. The molecule has 124 valence electrons. The molecule has 2 N–H and O–H groups in total. The van der Waals surface area contributed by atoms with Crippen LogP contribution in [0.1, 0.15) is 36.8 Å². The van der Waals surface area contributed by atoms with E-state index >= 15 is 0 Å². The summed E-state index contributed by atoms with van der Waals surface area (Å²) in [5, 5.41) is 10.3. The predicted octanol–water partition coefficient (Wildman–Crippen LogP) is 2.26. The molecule has 0 atom stereocenters. The number of amides is 1. The summed E-state index contributed by atoms with van der Waals surface area (Å²) in [6.07, 6.45) is 5.06. The summed E-state index contributed by atoms with van der Waals surface area (Å²) < 4.78 is 1.59. The largest absolute Gasteiger partial charge is 0.364 e. The van der Waals surface area contributed by atoms with E-state index < -0.39 is 0 Å². The molecule has 0 unspecified atom stereocenters. The fourth-order valence-electron chi connectivity index (χ4n) is 2.22.